The van der Waals surface area contributed by atoms with Crippen molar-refractivity contribution in [2.45, 2.75) is 19.0 Å². The molecule has 22 heavy (non-hydrogen) atoms. The first-order valence-corrected chi connectivity index (χ1v) is 8.12. The second-order valence-electron chi connectivity index (χ2n) is 5.48. The molecule has 0 fully saturated rings. The van der Waals surface area contributed by atoms with Crippen molar-refractivity contribution in [3.8, 4) is 0 Å². The van der Waals surface area contributed by atoms with Crippen LogP contribution in [0.3, 0.4) is 0 Å². The summed E-state index contributed by atoms with van der Waals surface area (Å²) >= 11 is 1.66. The van der Waals surface area contributed by atoms with Crippen molar-refractivity contribution in [2.24, 2.45) is 0 Å². The smallest absolute Gasteiger partial charge is 0.317 e. The molecule has 2 amide bonds. The molecule has 2 heterocycles. The molecule has 2 aromatic rings. The number of carbonyl (C=O) groups is 1. The zero-order chi connectivity index (χ0) is 16.1. The van der Waals surface area contributed by atoms with Crippen LogP contribution >= 0.6 is 11.3 Å². The van der Waals surface area contributed by atoms with Gasteiger partial charge in [-0.25, -0.2) is 4.79 Å². The van der Waals surface area contributed by atoms with E-state index in [1.54, 1.807) is 22.5 Å². The lowest BCUT2D eigenvalue weighted by molar-refractivity contribution is 0.187. The molecule has 0 aliphatic carbocycles. The zero-order valence-electron chi connectivity index (χ0n) is 13.4. The van der Waals surface area contributed by atoms with E-state index in [1.165, 1.54) is 4.88 Å². The lowest BCUT2D eigenvalue weighted by atomic mass is 10.2. The summed E-state index contributed by atoms with van der Waals surface area (Å²) in [6, 6.07) is 7.82. The predicted molar refractivity (Wildman–Crippen MR) is 89.0 cm³/mol. The van der Waals surface area contributed by atoms with Crippen LogP contribution in [0.4, 0.5) is 4.79 Å². The fourth-order valence-corrected chi connectivity index (χ4v) is 3.05. The van der Waals surface area contributed by atoms with Crippen molar-refractivity contribution in [2.75, 3.05) is 27.7 Å². The van der Waals surface area contributed by atoms with Crippen molar-refractivity contribution in [3.05, 3.63) is 46.5 Å². The van der Waals surface area contributed by atoms with E-state index in [0.717, 1.165) is 5.76 Å². The second-order valence-corrected chi connectivity index (χ2v) is 6.46. The summed E-state index contributed by atoms with van der Waals surface area (Å²) in [6.07, 6.45) is 1.65. The van der Waals surface area contributed by atoms with E-state index in [-0.39, 0.29) is 18.1 Å². The Bertz CT molecular complexity index is 566. The maximum Gasteiger partial charge on any atom is 0.317 e. The number of nitrogens with one attached hydrogen (secondary N) is 1. The molecule has 0 aromatic carbocycles. The van der Waals surface area contributed by atoms with Gasteiger partial charge >= 0.3 is 6.03 Å². The van der Waals surface area contributed by atoms with Crippen LogP contribution in [0.5, 0.6) is 0 Å². The number of furan rings is 1. The molecule has 0 unspecified atom stereocenters. The Hall–Kier alpha value is -1.79. The number of carbonyl (C=O) groups excluding carboxylic acids is 1. The molecule has 0 bridgehead atoms. The molecule has 2 aromatic heterocycles. The molecular formula is C16H23N3O2S. The molecule has 6 heteroatoms. The Kier molecular flexibility index (Phi) is 5.63. The van der Waals surface area contributed by atoms with E-state index >= 15 is 0 Å². The highest BCUT2D eigenvalue weighted by Crippen LogP contribution is 2.23. The summed E-state index contributed by atoms with van der Waals surface area (Å²) in [5.74, 6) is 0.847. The van der Waals surface area contributed by atoms with Crippen LogP contribution in [-0.4, -0.2) is 43.5 Å². The number of rotatable bonds is 6. The highest BCUT2D eigenvalue weighted by molar-refractivity contribution is 7.10. The van der Waals surface area contributed by atoms with Crippen LogP contribution in [0.2, 0.25) is 0 Å². The van der Waals surface area contributed by atoms with Gasteiger partial charge in [0.1, 0.15) is 5.76 Å². The van der Waals surface area contributed by atoms with Gasteiger partial charge < -0.3 is 14.6 Å². The van der Waals surface area contributed by atoms with Crippen LogP contribution in [0, 0.1) is 0 Å². The van der Waals surface area contributed by atoms with Gasteiger partial charge in [0.15, 0.2) is 0 Å². The Morgan fingerprint density at radius 2 is 2.09 bits per heavy atom. The van der Waals surface area contributed by atoms with E-state index in [2.05, 4.69) is 5.32 Å². The summed E-state index contributed by atoms with van der Waals surface area (Å²) in [4.78, 5) is 17.3. The third-order valence-electron chi connectivity index (χ3n) is 3.80. The summed E-state index contributed by atoms with van der Waals surface area (Å²) in [6.45, 7) is 2.53. The Morgan fingerprint density at radius 1 is 1.32 bits per heavy atom. The van der Waals surface area contributed by atoms with Crippen LogP contribution in [-0.2, 0) is 0 Å². The number of amides is 2. The molecule has 0 radical (unpaired) electrons. The maximum atomic E-state index is 12.3. The number of hydrogen-bond acceptors (Lipinski definition) is 4. The number of thiophene rings is 1. The van der Waals surface area contributed by atoms with Crippen molar-refractivity contribution in [1.29, 1.82) is 0 Å². The quantitative estimate of drug-likeness (QED) is 0.887. The number of hydrogen-bond donors (Lipinski definition) is 1. The Balaban J connectivity index is 1.93. The summed E-state index contributed by atoms with van der Waals surface area (Å²) in [5, 5.41) is 5.01. The fraction of sp³-hybridized carbons (Fsp3) is 0.438. The van der Waals surface area contributed by atoms with Crippen molar-refractivity contribution in [3.63, 3.8) is 0 Å². The van der Waals surface area contributed by atoms with E-state index in [0.29, 0.717) is 6.54 Å². The SMILES string of the molecule is C[C@H](c1cccs1)N(C)C(=O)NC[C@H](c1ccco1)N(C)C. The minimum atomic E-state index is -0.0840. The fourth-order valence-electron chi connectivity index (χ4n) is 2.22. The Labute approximate surface area is 135 Å². The molecule has 1 N–H and O–H groups in total. The lowest BCUT2D eigenvalue weighted by Crippen LogP contribution is -2.42. The molecule has 2 rings (SSSR count). The average molecular weight is 321 g/mol. The number of urea groups is 1. The molecule has 0 aliphatic heterocycles. The zero-order valence-corrected chi connectivity index (χ0v) is 14.3. The van der Waals surface area contributed by atoms with Crippen LogP contribution in [0.15, 0.2) is 40.3 Å². The second kappa shape index (κ2) is 7.47. The van der Waals surface area contributed by atoms with Gasteiger partial charge in [0.05, 0.1) is 18.3 Å². The van der Waals surface area contributed by atoms with Gasteiger partial charge in [-0.2, -0.15) is 0 Å². The van der Waals surface area contributed by atoms with Gasteiger partial charge in [-0.3, -0.25) is 4.90 Å². The number of likely N-dealkylation sites (N-methyl/N-ethyl adjacent to an activating group) is 1. The monoisotopic (exact) mass is 321 g/mol. The van der Waals surface area contributed by atoms with Crippen molar-refractivity contribution in [1.82, 2.24) is 15.1 Å². The van der Waals surface area contributed by atoms with E-state index in [9.17, 15) is 4.79 Å². The van der Waals surface area contributed by atoms with Gasteiger partial charge in [0, 0.05) is 18.5 Å². The molecular weight excluding hydrogens is 298 g/mol. The third kappa shape index (κ3) is 3.90. The van der Waals surface area contributed by atoms with Gasteiger partial charge in [-0.15, -0.1) is 11.3 Å². The van der Waals surface area contributed by atoms with E-state index in [4.69, 9.17) is 4.42 Å². The minimum absolute atomic E-state index is 0.0180. The first-order chi connectivity index (χ1) is 10.5. The summed E-state index contributed by atoms with van der Waals surface area (Å²) in [7, 11) is 5.76. The lowest BCUT2D eigenvalue weighted by Gasteiger charge is -2.27. The van der Waals surface area contributed by atoms with Crippen LogP contribution < -0.4 is 5.32 Å². The van der Waals surface area contributed by atoms with Gasteiger partial charge in [0.25, 0.3) is 0 Å². The van der Waals surface area contributed by atoms with Crippen molar-refractivity contribution < 1.29 is 9.21 Å². The number of nitrogens with zero attached hydrogens (tertiary/aromatic N) is 2. The first-order valence-electron chi connectivity index (χ1n) is 7.24. The largest absolute Gasteiger partial charge is 0.468 e. The van der Waals surface area contributed by atoms with Crippen molar-refractivity contribution >= 4 is 17.4 Å². The average Bonchev–Trinajstić information content (AvgIpc) is 3.18. The van der Waals surface area contributed by atoms with Gasteiger partial charge in [-0.05, 0) is 44.6 Å². The van der Waals surface area contributed by atoms with E-state index in [1.807, 2.05) is 62.6 Å². The molecule has 0 spiro atoms. The molecule has 120 valence electrons. The molecule has 0 aliphatic rings. The third-order valence-corrected chi connectivity index (χ3v) is 4.84. The molecule has 0 saturated carbocycles. The normalized spacial score (nSPS) is 13.9. The van der Waals surface area contributed by atoms with Gasteiger partial charge in [0.2, 0.25) is 0 Å². The van der Waals surface area contributed by atoms with Crippen LogP contribution in [0.25, 0.3) is 0 Å². The Morgan fingerprint density at radius 3 is 2.64 bits per heavy atom. The molecule has 5 nitrogen and oxygen atoms in total. The standard InChI is InChI=1S/C16H23N3O2S/c1-12(15-8-6-10-22-15)19(4)16(20)17-11-13(18(2)3)14-7-5-9-21-14/h5-10,12-13H,11H2,1-4H3,(H,17,20)/t12-,13-/m1/s1. The molecule has 0 saturated heterocycles. The maximum absolute atomic E-state index is 12.3. The topological polar surface area (TPSA) is 48.7 Å². The summed E-state index contributed by atoms with van der Waals surface area (Å²) < 4.78 is 5.45. The van der Waals surface area contributed by atoms with Crippen LogP contribution in [0.1, 0.15) is 29.6 Å². The minimum Gasteiger partial charge on any atom is -0.468 e. The summed E-state index contributed by atoms with van der Waals surface area (Å²) in [5.41, 5.74) is 0. The first kappa shape index (κ1) is 16.6. The molecule has 2 atom stereocenters. The van der Waals surface area contributed by atoms with E-state index < -0.39 is 0 Å². The highest BCUT2D eigenvalue weighted by Gasteiger charge is 2.21. The highest BCUT2D eigenvalue weighted by atomic mass is 32.1. The van der Waals surface area contributed by atoms with Gasteiger partial charge in [-0.1, -0.05) is 6.07 Å². The predicted octanol–water partition coefficient (Wildman–Crippen LogP) is 3.35.